The first-order valence-corrected chi connectivity index (χ1v) is 7.42. The molecule has 2 nitrogen and oxygen atoms in total. The summed E-state index contributed by atoms with van der Waals surface area (Å²) in [6.07, 6.45) is 2.01. The maximum Gasteiger partial charge on any atom is 0.0599 e. The van der Waals surface area contributed by atoms with E-state index in [-0.39, 0.29) is 5.41 Å². The second-order valence-electron chi connectivity index (χ2n) is 5.34. The van der Waals surface area contributed by atoms with Crippen molar-refractivity contribution in [1.82, 2.24) is 0 Å². The second-order valence-corrected chi connectivity index (χ2v) is 5.34. The number of methoxy groups -OCH3 is 2. The highest BCUT2D eigenvalue weighted by molar-refractivity contribution is 5.39. The van der Waals surface area contributed by atoms with Crippen molar-refractivity contribution < 1.29 is 9.47 Å². The first-order chi connectivity index (χ1) is 10.3. The molecule has 0 unspecified atom stereocenters. The molecule has 0 saturated heterocycles. The third-order valence-corrected chi connectivity index (χ3v) is 4.00. The first kappa shape index (κ1) is 15.7. The highest BCUT2D eigenvalue weighted by atomic mass is 16.5. The van der Waals surface area contributed by atoms with Gasteiger partial charge in [-0.15, -0.1) is 0 Å². The molecule has 0 bridgehead atoms. The molecule has 0 radical (unpaired) electrons. The van der Waals surface area contributed by atoms with Crippen LogP contribution in [0.1, 0.15) is 24.0 Å². The molecule has 0 aromatic heterocycles. The van der Waals surface area contributed by atoms with Crippen molar-refractivity contribution >= 4 is 0 Å². The highest BCUT2D eigenvalue weighted by Crippen LogP contribution is 2.37. The standard InChI is InChI=1S/C19H24O2/c1-20-15-9-14-19(16-21-2,17-10-5-3-6-11-17)18-12-7-4-8-13-18/h3-8,10-13H,9,14-16H2,1-2H3. The molecule has 21 heavy (non-hydrogen) atoms. The Kier molecular flexibility index (Phi) is 5.97. The van der Waals surface area contributed by atoms with Crippen LogP contribution in [0.4, 0.5) is 0 Å². The van der Waals surface area contributed by atoms with Gasteiger partial charge in [0, 0.05) is 26.2 Å². The van der Waals surface area contributed by atoms with E-state index in [9.17, 15) is 0 Å². The fraction of sp³-hybridized carbons (Fsp3) is 0.368. The van der Waals surface area contributed by atoms with Crippen molar-refractivity contribution in [3.63, 3.8) is 0 Å². The minimum atomic E-state index is -0.115. The van der Waals surface area contributed by atoms with Crippen LogP contribution in [0.15, 0.2) is 60.7 Å². The zero-order valence-electron chi connectivity index (χ0n) is 12.9. The van der Waals surface area contributed by atoms with E-state index >= 15 is 0 Å². The van der Waals surface area contributed by atoms with E-state index < -0.39 is 0 Å². The van der Waals surface area contributed by atoms with Gasteiger partial charge in [-0.25, -0.2) is 0 Å². The topological polar surface area (TPSA) is 18.5 Å². The minimum Gasteiger partial charge on any atom is -0.385 e. The SMILES string of the molecule is COCCCC(COC)(c1ccccc1)c1ccccc1. The minimum absolute atomic E-state index is 0.115. The molecule has 0 aliphatic rings. The van der Waals surface area contributed by atoms with E-state index in [0.717, 1.165) is 19.4 Å². The van der Waals surface area contributed by atoms with E-state index in [0.29, 0.717) is 6.61 Å². The number of hydrogen-bond acceptors (Lipinski definition) is 2. The molecule has 0 N–H and O–H groups in total. The van der Waals surface area contributed by atoms with Crippen LogP contribution < -0.4 is 0 Å². The Morgan fingerprint density at radius 1 is 0.762 bits per heavy atom. The van der Waals surface area contributed by atoms with Gasteiger partial charge >= 0.3 is 0 Å². The highest BCUT2D eigenvalue weighted by Gasteiger charge is 2.33. The summed E-state index contributed by atoms with van der Waals surface area (Å²) in [5.74, 6) is 0. The van der Waals surface area contributed by atoms with Gasteiger partial charge in [0.15, 0.2) is 0 Å². The summed E-state index contributed by atoms with van der Waals surface area (Å²) in [5.41, 5.74) is 2.49. The summed E-state index contributed by atoms with van der Waals surface area (Å²) in [6, 6.07) is 21.3. The third-order valence-electron chi connectivity index (χ3n) is 4.00. The maximum absolute atomic E-state index is 5.61. The molecule has 0 heterocycles. The van der Waals surface area contributed by atoms with Gasteiger partial charge in [-0.05, 0) is 24.0 Å². The average Bonchev–Trinajstić information content (AvgIpc) is 2.56. The Hall–Kier alpha value is -1.64. The van der Waals surface area contributed by atoms with Gasteiger partial charge in [0.2, 0.25) is 0 Å². The van der Waals surface area contributed by atoms with E-state index in [1.165, 1.54) is 11.1 Å². The molecule has 0 saturated carbocycles. The molecule has 0 aliphatic heterocycles. The molecular weight excluding hydrogens is 260 g/mol. The van der Waals surface area contributed by atoms with Gasteiger partial charge in [-0.3, -0.25) is 0 Å². The molecule has 2 rings (SSSR count). The van der Waals surface area contributed by atoms with Gasteiger partial charge in [0.25, 0.3) is 0 Å². The Labute approximate surface area is 127 Å². The van der Waals surface area contributed by atoms with Gasteiger partial charge in [-0.1, -0.05) is 60.7 Å². The fourth-order valence-electron chi connectivity index (χ4n) is 2.97. The summed E-state index contributed by atoms with van der Waals surface area (Å²) in [5, 5.41) is 0. The zero-order chi connectivity index (χ0) is 15.0. The molecule has 2 heteroatoms. The van der Waals surface area contributed by atoms with Crippen LogP contribution in [0.3, 0.4) is 0 Å². The number of ether oxygens (including phenoxy) is 2. The number of rotatable bonds is 8. The molecule has 2 aromatic carbocycles. The lowest BCUT2D eigenvalue weighted by Crippen LogP contribution is -2.33. The van der Waals surface area contributed by atoms with Crippen LogP contribution >= 0.6 is 0 Å². The van der Waals surface area contributed by atoms with Crippen LogP contribution in [0.25, 0.3) is 0 Å². The quantitative estimate of drug-likeness (QED) is 0.681. The summed E-state index contributed by atoms with van der Waals surface area (Å²) in [4.78, 5) is 0. The van der Waals surface area contributed by atoms with Crippen LogP contribution in [0.5, 0.6) is 0 Å². The van der Waals surface area contributed by atoms with Crippen molar-refractivity contribution in [1.29, 1.82) is 0 Å². The predicted octanol–water partition coefficient (Wildman–Crippen LogP) is 4.05. The molecular formula is C19H24O2. The summed E-state index contributed by atoms with van der Waals surface area (Å²) in [6.45, 7) is 1.44. The van der Waals surface area contributed by atoms with E-state index in [2.05, 4.69) is 60.7 Å². The van der Waals surface area contributed by atoms with Gasteiger partial charge in [0.1, 0.15) is 0 Å². The molecule has 2 aromatic rings. The number of hydrogen-bond donors (Lipinski definition) is 0. The smallest absolute Gasteiger partial charge is 0.0599 e. The van der Waals surface area contributed by atoms with Crippen molar-refractivity contribution in [2.45, 2.75) is 18.3 Å². The van der Waals surface area contributed by atoms with E-state index in [1.807, 2.05) is 0 Å². The zero-order valence-corrected chi connectivity index (χ0v) is 12.9. The fourth-order valence-corrected chi connectivity index (χ4v) is 2.97. The van der Waals surface area contributed by atoms with Crippen LogP contribution in [0.2, 0.25) is 0 Å². The summed E-state index contributed by atoms with van der Waals surface area (Å²) >= 11 is 0. The molecule has 0 atom stereocenters. The molecule has 0 amide bonds. The van der Waals surface area contributed by atoms with Gasteiger partial charge < -0.3 is 9.47 Å². The van der Waals surface area contributed by atoms with Gasteiger partial charge in [0.05, 0.1) is 6.61 Å². The van der Waals surface area contributed by atoms with Gasteiger partial charge in [-0.2, -0.15) is 0 Å². The largest absolute Gasteiger partial charge is 0.385 e. The van der Waals surface area contributed by atoms with E-state index in [4.69, 9.17) is 9.47 Å². The van der Waals surface area contributed by atoms with Crippen LogP contribution in [-0.4, -0.2) is 27.4 Å². The van der Waals surface area contributed by atoms with E-state index in [1.54, 1.807) is 14.2 Å². The molecule has 112 valence electrons. The Bertz CT molecular complexity index is 468. The Morgan fingerprint density at radius 2 is 1.29 bits per heavy atom. The lowest BCUT2D eigenvalue weighted by molar-refractivity contribution is 0.130. The molecule has 0 aliphatic carbocycles. The predicted molar refractivity (Wildman–Crippen MR) is 86.7 cm³/mol. The first-order valence-electron chi connectivity index (χ1n) is 7.42. The maximum atomic E-state index is 5.61. The molecule has 0 fully saturated rings. The average molecular weight is 284 g/mol. The molecule has 0 spiro atoms. The monoisotopic (exact) mass is 284 g/mol. The van der Waals surface area contributed by atoms with Crippen molar-refractivity contribution in [2.24, 2.45) is 0 Å². The van der Waals surface area contributed by atoms with Crippen LogP contribution in [-0.2, 0) is 14.9 Å². The Balaban J connectivity index is 2.44. The van der Waals surface area contributed by atoms with Crippen molar-refractivity contribution in [3.8, 4) is 0 Å². The summed E-state index contributed by atoms with van der Waals surface area (Å²) < 4.78 is 10.9. The lowest BCUT2D eigenvalue weighted by Gasteiger charge is -2.34. The summed E-state index contributed by atoms with van der Waals surface area (Å²) in [7, 11) is 3.53. The number of benzene rings is 2. The normalized spacial score (nSPS) is 11.5. The third kappa shape index (κ3) is 3.72. The Morgan fingerprint density at radius 3 is 1.71 bits per heavy atom. The van der Waals surface area contributed by atoms with Crippen molar-refractivity contribution in [3.05, 3.63) is 71.8 Å². The second kappa shape index (κ2) is 7.96. The van der Waals surface area contributed by atoms with Crippen molar-refractivity contribution in [2.75, 3.05) is 27.4 Å². The van der Waals surface area contributed by atoms with Crippen LogP contribution in [0, 0.1) is 0 Å². The lowest BCUT2D eigenvalue weighted by atomic mass is 9.72.